The van der Waals surface area contributed by atoms with Crippen LogP contribution in [0.1, 0.15) is 59.8 Å². The number of nitrogens with one attached hydrogen (secondary N) is 2. The van der Waals surface area contributed by atoms with Crippen LogP contribution in [-0.4, -0.2) is 37.1 Å². The van der Waals surface area contributed by atoms with Crippen LogP contribution in [0.3, 0.4) is 0 Å². The molecule has 118 valence electrons. The van der Waals surface area contributed by atoms with Gasteiger partial charge in [-0.3, -0.25) is 9.59 Å². The Morgan fingerprint density at radius 1 is 0.950 bits per heavy atom. The highest BCUT2D eigenvalue weighted by molar-refractivity contribution is 5.78. The second-order valence-electron chi connectivity index (χ2n) is 5.87. The molecule has 5 nitrogen and oxygen atoms in total. The molecule has 0 saturated carbocycles. The molecular formula is C15H30N2O3. The second-order valence-corrected chi connectivity index (χ2v) is 5.87. The molecule has 0 radical (unpaired) electrons. The van der Waals surface area contributed by atoms with E-state index in [-0.39, 0.29) is 17.4 Å². The van der Waals surface area contributed by atoms with Crippen molar-refractivity contribution in [2.75, 3.05) is 19.7 Å². The summed E-state index contributed by atoms with van der Waals surface area (Å²) >= 11 is 0. The molecule has 0 aromatic rings. The first-order valence-electron chi connectivity index (χ1n) is 7.52. The standard InChI is InChI=1S/C15H30N2O3/c1-5-10-16-13(18)8-6-9-14(19)17-11-7-12-20-15(2,3)4/h5-12H2,1-4H3,(H,16,18)(H,17,19). The van der Waals surface area contributed by atoms with E-state index in [0.29, 0.717) is 39.0 Å². The summed E-state index contributed by atoms with van der Waals surface area (Å²) in [5, 5.41) is 5.63. The highest BCUT2D eigenvalue weighted by atomic mass is 16.5. The van der Waals surface area contributed by atoms with Crippen LogP contribution in [0.4, 0.5) is 0 Å². The molecule has 0 unspecified atom stereocenters. The molecule has 2 N–H and O–H groups in total. The Kier molecular flexibility index (Phi) is 10.1. The van der Waals surface area contributed by atoms with Crippen LogP contribution in [0.5, 0.6) is 0 Å². The molecule has 0 atom stereocenters. The maximum atomic E-state index is 11.5. The molecule has 20 heavy (non-hydrogen) atoms. The summed E-state index contributed by atoms with van der Waals surface area (Å²) in [5.41, 5.74) is -0.129. The Bertz CT molecular complexity index is 285. The van der Waals surface area contributed by atoms with E-state index in [4.69, 9.17) is 4.74 Å². The molecule has 0 aromatic heterocycles. The number of amides is 2. The maximum absolute atomic E-state index is 11.5. The van der Waals surface area contributed by atoms with Gasteiger partial charge in [0.1, 0.15) is 0 Å². The fourth-order valence-electron chi connectivity index (χ4n) is 1.53. The van der Waals surface area contributed by atoms with E-state index in [1.807, 2.05) is 27.7 Å². The molecule has 0 bridgehead atoms. The van der Waals surface area contributed by atoms with Crippen molar-refractivity contribution in [1.82, 2.24) is 10.6 Å². The van der Waals surface area contributed by atoms with Crippen molar-refractivity contribution in [3.63, 3.8) is 0 Å². The van der Waals surface area contributed by atoms with Gasteiger partial charge >= 0.3 is 0 Å². The number of ether oxygens (including phenoxy) is 1. The molecule has 0 aliphatic carbocycles. The van der Waals surface area contributed by atoms with Gasteiger partial charge < -0.3 is 15.4 Å². The number of rotatable bonds is 10. The van der Waals surface area contributed by atoms with Crippen LogP contribution in [0.2, 0.25) is 0 Å². The van der Waals surface area contributed by atoms with Gasteiger partial charge in [0.2, 0.25) is 11.8 Å². The summed E-state index contributed by atoms with van der Waals surface area (Å²) in [6.07, 6.45) is 3.16. The van der Waals surface area contributed by atoms with Crippen LogP contribution < -0.4 is 10.6 Å². The lowest BCUT2D eigenvalue weighted by molar-refractivity contribution is -0.122. The quantitative estimate of drug-likeness (QED) is 0.604. The van der Waals surface area contributed by atoms with E-state index in [1.54, 1.807) is 0 Å². The summed E-state index contributed by atoms with van der Waals surface area (Å²) in [6.45, 7) is 10.0. The third-order valence-electron chi connectivity index (χ3n) is 2.56. The summed E-state index contributed by atoms with van der Waals surface area (Å²) in [5.74, 6) is 0.0299. The molecule has 5 heteroatoms. The van der Waals surface area contributed by atoms with E-state index in [2.05, 4.69) is 10.6 Å². The summed E-state index contributed by atoms with van der Waals surface area (Å²) in [4.78, 5) is 22.8. The molecule has 0 aromatic carbocycles. The zero-order valence-corrected chi connectivity index (χ0v) is 13.4. The van der Waals surface area contributed by atoms with Crippen molar-refractivity contribution in [1.29, 1.82) is 0 Å². The van der Waals surface area contributed by atoms with Gasteiger partial charge in [0.05, 0.1) is 5.60 Å². The largest absolute Gasteiger partial charge is 0.376 e. The third kappa shape index (κ3) is 13.3. The van der Waals surface area contributed by atoms with E-state index >= 15 is 0 Å². The molecule has 0 aliphatic rings. The van der Waals surface area contributed by atoms with Crippen LogP contribution in [-0.2, 0) is 14.3 Å². The van der Waals surface area contributed by atoms with Crippen molar-refractivity contribution < 1.29 is 14.3 Å². The Hall–Kier alpha value is -1.10. The van der Waals surface area contributed by atoms with Crippen molar-refractivity contribution in [2.24, 2.45) is 0 Å². The molecule has 0 saturated heterocycles. The molecule has 2 amide bonds. The fraction of sp³-hybridized carbons (Fsp3) is 0.867. The third-order valence-corrected chi connectivity index (χ3v) is 2.56. The van der Waals surface area contributed by atoms with Crippen LogP contribution >= 0.6 is 0 Å². The monoisotopic (exact) mass is 286 g/mol. The van der Waals surface area contributed by atoms with Crippen LogP contribution in [0, 0.1) is 0 Å². The number of hydrogen-bond donors (Lipinski definition) is 2. The number of hydrogen-bond acceptors (Lipinski definition) is 3. The summed E-state index contributed by atoms with van der Waals surface area (Å²) < 4.78 is 5.56. The minimum absolute atomic E-state index is 0.00375. The molecule has 0 aliphatic heterocycles. The van der Waals surface area contributed by atoms with Crippen molar-refractivity contribution in [2.45, 2.75) is 65.4 Å². The minimum Gasteiger partial charge on any atom is -0.376 e. The van der Waals surface area contributed by atoms with E-state index in [1.165, 1.54) is 0 Å². The smallest absolute Gasteiger partial charge is 0.220 e. The van der Waals surface area contributed by atoms with Gasteiger partial charge in [-0.25, -0.2) is 0 Å². The van der Waals surface area contributed by atoms with E-state index < -0.39 is 0 Å². The Morgan fingerprint density at radius 2 is 1.50 bits per heavy atom. The lowest BCUT2D eigenvalue weighted by Gasteiger charge is -2.19. The van der Waals surface area contributed by atoms with Crippen LogP contribution in [0.25, 0.3) is 0 Å². The fourth-order valence-corrected chi connectivity index (χ4v) is 1.53. The predicted octanol–water partition coefficient (Wildman–Crippen LogP) is 2.00. The highest BCUT2D eigenvalue weighted by Crippen LogP contribution is 2.06. The van der Waals surface area contributed by atoms with Gasteiger partial charge in [0.15, 0.2) is 0 Å². The second kappa shape index (κ2) is 10.7. The lowest BCUT2D eigenvalue weighted by Crippen LogP contribution is -2.27. The Labute approximate surface area is 122 Å². The first kappa shape index (κ1) is 18.9. The van der Waals surface area contributed by atoms with Crippen LogP contribution in [0.15, 0.2) is 0 Å². The molecule has 0 spiro atoms. The Morgan fingerprint density at radius 3 is 2.00 bits per heavy atom. The SMILES string of the molecule is CCCNC(=O)CCCC(=O)NCCCOC(C)(C)C. The lowest BCUT2D eigenvalue weighted by atomic mass is 10.2. The van der Waals surface area contributed by atoms with Crippen molar-refractivity contribution in [3.05, 3.63) is 0 Å². The van der Waals surface area contributed by atoms with Gasteiger partial charge in [0, 0.05) is 32.5 Å². The normalized spacial score (nSPS) is 11.2. The first-order valence-corrected chi connectivity index (χ1v) is 7.52. The molecular weight excluding hydrogens is 256 g/mol. The van der Waals surface area contributed by atoms with Gasteiger partial charge in [-0.15, -0.1) is 0 Å². The van der Waals surface area contributed by atoms with Gasteiger partial charge in [-0.05, 0) is 40.0 Å². The molecule has 0 fully saturated rings. The van der Waals surface area contributed by atoms with E-state index in [9.17, 15) is 9.59 Å². The average molecular weight is 286 g/mol. The first-order chi connectivity index (χ1) is 9.35. The van der Waals surface area contributed by atoms with Gasteiger partial charge in [-0.1, -0.05) is 6.92 Å². The maximum Gasteiger partial charge on any atom is 0.220 e. The average Bonchev–Trinajstić information content (AvgIpc) is 2.34. The topological polar surface area (TPSA) is 67.4 Å². The highest BCUT2D eigenvalue weighted by Gasteiger charge is 2.09. The van der Waals surface area contributed by atoms with Gasteiger partial charge in [0.25, 0.3) is 0 Å². The van der Waals surface area contributed by atoms with Crippen molar-refractivity contribution >= 4 is 11.8 Å². The predicted molar refractivity (Wildman–Crippen MR) is 80.5 cm³/mol. The summed E-state index contributed by atoms with van der Waals surface area (Å²) in [6, 6.07) is 0. The van der Waals surface area contributed by atoms with Crippen molar-refractivity contribution in [3.8, 4) is 0 Å². The minimum atomic E-state index is -0.129. The number of carbonyl (C=O) groups is 2. The zero-order valence-electron chi connectivity index (χ0n) is 13.4. The number of carbonyl (C=O) groups excluding carboxylic acids is 2. The molecule has 0 rings (SSSR count). The summed E-state index contributed by atoms with van der Waals surface area (Å²) in [7, 11) is 0. The Balaban J connectivity index is 3.44. The zero-order chi connectivity index (χ0) is 15.4. The van der Waals surface area contributed by atoms with E-state index in [0.717, 1.165) is 12.8 Å². The van der Waals surface area contributed by atoms with Gasteiger partial charge in [-0.2, -0.15) is 0 Å². The molecule has 0 heterocycles.